The van der Waals surface area contributed by atoms with Crippen LogP contribution >= 0.6 is 11.3 Å². The summed E-state index contributed by atoms with van der Waals surface area (Å²) in [6, 6.07) is 8.50. The molecule has 2 heterocycles. The van der Waals surface area contributed by atoms with Crippen molar-refractivity contribution < 1.29 is 4.79 Å². The van der Waals surface area contributed by atoms with Gasteiger partial charge in [0.2, 0.25) is 5.91 Å². The van der Waals surface area contributed by atoms with Crippen LogP contribution in [0.3, 0.4) is 0 Å². The van der Waals surface area contributed by atoms with E-state index in [1.165, 1.54) is 21.7 Å². The van der Waals surface area contributed by atoms with Crippen LogP contribution in [0.2, 0.25) is 0 Å². The van der Waals surface area contributed by atoms with Crippen molar-refractivity contribution in [2.45, 2.75) is 59.3 Å². The predicted molar refractivity (Wildman–Crippen MR) is 136 cm³/mol. The first kappa shape index (κ1) is 23.5. The van der Waals surface area contributed by atoms with Crippen molar-refractivity contribution in [1.29, 1.82) is 0 Å². The predicted octanol–water partition coefficient (Wildman–Crippen LogP) is 4.38. The Bertz CT molecular complexity index is 1180. The minimum absolute atomic E-state index is 0.00403. The van der Waals surface area contributed by atoms with Crippen molar-refractivity contribution in [3.8, 4) is 0 Å². The Hall–Kier alpha value is -2.67. The lowest BCUT2D eigenvalue weighted by atomic mass is 9.89. The molecule has 176 valence electrons. The summed E-state index contributed by atoms with van der Waals surface area (Å²) in [5, 5.41) is 3.78. The third kappa shape index (κ3) is 5.64. The minimum Gasteiger partial charge on any atom is -0.372 e. The van der Waals surface area contributed by atoms with Gasteiger partial charge in [-0.05, 0) is 68.7 Å². The van der Waals surface area contributed by atoms with Gasteiger partial charge in [-0.25, -0.2) is 4.98 Å². The van der Waals surface area contributed by atoms with E-state index in [9.17, 15) is 9.59 Å². The van der Waals surface area contributed by atoms with Gasteiger partial charge in [0, 0.05) is 43.0 Å². The summed E-state index contributed by atoms with van der Waals surface area (Å²) in [6.45, 7) is 8.98. The number of hydrogen-bond donors (Lipinski definition) is 2. The van der Waals surface area contributed by atoms with E-state index in [-0.39, 0.29) is 11.5 Å². The molecule has 2 aromatic heterocycles. The first-order valence-corrected chi connectivity index (χ1v) is 12.9. The number of benzene rings is 1. The molecular formula is C26H34N4O2S. The average Bonchev–Trinajstić information content (AvgIpc) is 3.15. The fourth-order valence-electron chi connectivity index (χ4n) is 4.62. The van der Waals surface area contributed by atoms with E-state index in [2.05, 4.69) is 65.2 Å². The van der Waals surface area contributed by atoms with E-state index in [4.69, 9.17) is 0 Å². The Balaban J connectivity index is 1.27. The highest BCUT2D eigenvalue weighted by atomic mass is 32.1. The quantitative estimate of drug-likeness (QED) is 0.459. The number of aryl methyl sites for hydroxylation is 3. The van der Waals surface area contributed by atoms with Gasteiger partial charge in [-0.15, -0.1) is 11.3 Å². The Labute approximate surface area is 199 Å². The van der Waals surface area contributed by atoms with E-state index in [0.29, 0.717) is 31.1 Å². The fourth-order valence-corrected chi connectivity index (χ4v) is 6.03. The number of anilines is 1. The SMILES string of the molecule is CCN(CCCNC(=O)CCc1nc2sc3c(c2c(=O)[nH]1)CCC(C)C3)c1cccc(C)c1. The van der Waals surface area contributed by atoms with Crippen molar-refractivity contribution in [1.82, 2.24) is 15.3 Å². The average molecular weight is 467 g/mol. The van der Waals surface area contributed by atoms with E-state index in [1.54, 1.807) is 11.3 Å². The zero-order chi connectivity index (χ0) is 23.4. The Morgan fingerprint density at radius 1 is 1.36 bits per heavy atom. The van der Waals surface area contributed by atoms with Gasteiger partial charge in [-0.3, -0.25) is 9.59 Å². The number of aromatic nitrogens is 2. The van der Waals surface area contributed by atoms with Crippen molar-refractivity contribution in [3.05, 3.63) is 56.4 Å². The van der Waals surface area contributed by atoms with Gasteiger partial charge in [0.15, 0.2) is 0 Å². The highest BCUT2D eigenvalue weighted by molar-refractivity contribution is 7.18. The number of carbonyl (C=O) groups excluding carboxylic acids is 1. The lowest BCUT2D eigenvalue weighted by Crippen LogP contribution is -2.30. The van der Waals surface area contributed by atoms with Crippen LogP contribution in [0.25, 0.3) is 10.2 Å². The molecule has 4 rings (SSSR count). The maximum Gasteiger partial charge on any atom is 0.259 e. The molecular weight excluding hydrogens is 432 g/mol. The molecule has 0 bridgehead atoms. The number of rotatable bonds is 9. The van der Waals surface area contributed by atoms with E-state index >= 15 is 0 Å². The number of aromatic amines is 1. The van der Waals surface area contributed by atoms with Gasteiger partial charge in [0.25, 0.3) is 5.56 Å². The van der Waals surface area contributed by atoms with Crippen LogP contribution in [0.4, 0.5) is 5.69 Å². The fraction of sp³-hybridized carbons (Fsp3) is 0.500. The molecule has 1 amide bonds. The van der Waals surface area contributed by atoms with Crippen molar-refractivity contribution in [2.75, 3.05) is 24.5 Å². The maximum atomic E-state index is 12.7. The highest BCUT2D eigenvalue weighted by Gasteiger charge is 2.23. The number of nitrogens with zero attached hydrogens (tertiary/aromatic N) is 2. The van der Waals surface area contributed by atoms with Crippen LogP contribution < -0.4 is 15.8 Å². The molecule has 3 aromatic rings. The number of carbonyl (C=O) groups is 1. The summed E-state index contributed by atoms with van der Waals surface area (Å²) in [5.74, 6) is 1.26. The molecule has 1 aromatic carbocycles. The van der Waals surface area contributed by atoms with Crippen LogP contribution in [-0.2, 0) is 24.1 Å². The lowest BCUT2D eigenvalue weighted by molar-refractivity contribution is -0.121. The van der Waals surface area contributed by atoms with Crippen LogP contribution in [0, 0.1) is 12.8 Å². The molecule has 33 heavy (non-hydrogen) atoms. The van der Waals surface area contributed by atoms with Gasteiger partial charge < -0.3 is 15.2 Å². The van der Waals surface area contributed by atoms with E-state index in [1.807, 2.05) is 0 Å². The van der Waals surface area contributed by atoms with Crippen LogP contribution in [0.5, 0.6) is 0 Å². The molecule has 6 nitrogen and oxygen atoms in total. The lowest BCUT2D eigenvalue weighted by Gasteiger charge is -2.23. The van der Waals surface area contributed by atoms with Crippen LogP contribution in [0.1, 0.15) is 54.9 Å². The number of nitrogens with one attached hydrogen (secondary N) is 2. The van der Waals surface area contributed by atoms with Gasteiger partial charge in [0.05, 0.1) is 5.39 Å². The zero-order valence-corrected chi connectivity index (χ0v) is 20.7. The van der Waals surface area contributed by atoms with Crippen LogP contribution in [0.15, 0.2) is 29.1 Å². The number of hydrogen-bond acceptors (Lipinski definition) is 5. The van der Waals surface area contributed by atoms with Crippen molar-refractivity contribution in [3.63, 3.8) is 0 Å². The van der Waals surface area contributed by atoms with Gasteiger partial charge >= 0.3 is 0 Å². The number of fused-ring (bicyclic) bond motifs is 3. The topological polar surface area (TPSA) is 78.1 Å². The number of H-pyrrole nitrogens is 1. The van der Waals surface area contributed by atoms with Crippen molar-refractivity contribution >= 4 is 33.1 Å². The second kappa shape index (κ2) is 10.5. The van der Waals surface area contributed by atoms with Crippen molar-refractivity contribution in [2.24, 2.45) is 5.92 Å². The third-order valence-electron chi connectivity index (χ3n) is 6.48. The molecule has 7 heteroatoms. The standard InChI is InChI=1S/C26H34N4O2S/c1-4-30(19-8-5-7-17(2)15-19)14-6-13-27-23(31)12-11-22-28-25(32)24-20-10-9-18(3)16-21(20)33-26(24)29-22/h5,7-8,15,18H,4,6,9-14,16H2,1-3H3,(H,27,31)(H,28,29,32). The summed E-state index contributed by atoms with van der Waals surface area (Å²) in [5.41, 5.74) is 3.61. The molecule has 0 aliphatic heterocycles. The van der Waals surface area contributed by atoms with Gasteiger partial charge in [-0.2, -0.15) is 0 Å². The first-order chi connectivity index (χ1) is 15.9. The number of thiophene rings is 1. The van der Waals surface area contributed by atoms with Gasteiger partial charge in [0.1, 0.15) is 10.7 Å². The molecule has 0 fully saturated rings. The summed E-state index contributed by atoms with van der Waals surface area (Å²) < 4.78 is 0. The number of amides is 1. The molecule has 1 atom stereocenters. The molecule has 0 spiro atoms. The van der Waals surface area contributed by atoms with Gasteiger partial charge in [-0.1, -0.05) is 19.1 Å². The molecule has 1 unspecified atom stereocenters. The third-order valence-corrected chi connectivity index (χ3v) is 7.63. The minimum atomic E-state index is -0.0572. The monoisotopic (exact) mass is 466 g/mol. The summed E-state index contributed by atoms with van der Waals surface area (Å²) in [4.78, 5) is 37.1. The van der Waals surface area contributed by atoms with Crippen LogP contribution in [-0.4, -0.2) is 35.5 Å². The smallest absolute Gasteiger partial charge is 0.259 e. The second-order valence-electron chi connectivity index (χ2n) is 9.17. The Morgan fingerprint density at radius 2 is 2.21 bits per heavy atom. The molecule has 1 aliphatic carbocycles. The van der Waals surface area contributed by atoms with E-state index < -0.39 is 0 Å². The molecule has 0 radical (unpaired) electrons. The largest absolute Gasteiger partial charge is 0.372 e. The van der Waals surface area contributed by atoms with E-state index in [0.717, 1.165) is 49.0 Å². The molecule has 0 saturated carbocycles. The highest BCUT2D eigenvalue weighted by Crippen LogP contribution is 2.35. The Morgan fingerprint density at radius 3 is 3.00 bits per heavy atom. The molecule has 2 N–H and O–H groups in total. The Kier molecular flexibility index (Phi) is 7.48. The first-order valence-electron chi connectivity index (χ1n) is 12.1. The summed E-state index contributed by atoms with van der Waals surface area (Å²) in [7, 11) is 0. The normalized spacial score (nSPS) is 15.4. The summed E-state index contributed by atoms with van der Waals surface area (Å²) >= 11 is 1.65. The summed E-state index contributed by atoms with van der Waals surface area (Å²) in [6.07, 6.45) is 4.77. The molecule has 0 saturated heterocycles. The zero-order valence-electron chi connectivity index (χ0n) is 19.9. The maximum absolute atomic E-state index is 12.7. The molecule has 1 aliphatic rings. The second-order valence-corrected chi connectivity index (χ2v) is 10.3.